The van der Waals surface area contributed by atoms with E-state index in [4.69, 9.17) is 5.11 Å². The number of carbonyl (C=O) groups excluding carboxylic acids is 5. The van der Waals surface area contributed by atoms with Gasteiger partial charge in [0.2, 0.25) is 17.7 Å². The second kappa shape index (κ2) is 31.0. The molecular formula is C49H71N9O15. The zero-order valence-corrected chi connectivity index (χ0v) is 41.1. The molecule has 0 radical (unpaired) electrons. The minimum absolute atomic E-state index is 0.0179. The van der Waals surface area contributed by atoms with E-state index < -0.39 is 66.3 Å². The lowest BCUT2D eigenvalue weighted by atomic mass is 9.81. The fraction of sp³-hybridized carbons (Fsp3) is 0.592. The highest BCUT2D eigenvalue weighted by molar-refractivity contribution is 5.89. The number of amides is 5. The third-order valence-corrected chi connectivity index (χ3v) is 13.0. The zero-order valence-electron chi connectivity index (χ0n) is 41.1. The minimum atomic E-state index is -1.47. The molecule has 1 aliphatic carbocycles. The summed E-state index contributed by atoms with van der Waals surface area (Å²) in [4.78, 5) is 129. The van der Waals surface area contributed by atoms with E-state index in [9.17, 15) is 68.4 Å². The molecule has 2 aromatic rings. The van der Waals surface area contributed by atoms with Crippen LogP contribution < -0.4 is 26.6 Å². The van der Waals surface area contributed by atoms with Crippen LogP contribution in [0.15, 0.2) is 42.5 Å². The molecule has 0 bridgehead atoms. The molecule has 3 atom stereocenters. The lowest BCUT2D eigenvalue weighted by Crippen LogP contribution is -2.50. The standard InChI is InChI=1S/C49H71N9O15/c59-32-38(52-49(73)54-39(48(71)72)14-15-42(61)62)7-3-4-16-50-47(70)40(26-34-10-11-35-5-1-2-6-37(35)25-34)53-46(69)36-12-8-33(9-13-36)27-51-41(60)28-55-17-19-56(29-43(63)64)21-23-58(31-45(67)68)24-22-57(20-18-55)30-44(65)66/h1-2,5-6,10-11,25,32-33,36,38-40H,3-4,7-9,12-24,26-31H2,(H,50,70)(H,51,60)(H,53,69)(H,61,62)(H,63,64)(H,65,66)(H,67,68)(H,71,72)(H2,52,54,73)/t33-,36-,38-,39-,40-/m0/s1. The van der Waals surface area contributed by atoms with Gasteiger partial charge in [-0.2, -0.15) is 0 Å². The number of carboxylic acid groups (broad SMARTS) is 5. The van der Waals surface area contributed by atoms with E-state index in [2.05, 4.69) is 26.6 Å². The number of urea groups is 1. The van der Waals surface area contributed by atoms with E-state index in [-0.39, 0.29) is 115 Å². The molecule has 2 aromatic carbocycles. The Morgan fingerprint density at radius 1 is 0.589 bits per heavy atom. The first-order chi connectivity index (χ1) is 34.9. The molecule has 0 aromatic heterocycles. The number of aldehydes is 1. The number of rotatable bonds is 27. The van der Waals surface area contributed by atoms with E-state index in [0.29, 0.717) is 64.4 Å². The first-order valence-corrected chi connectivity index (χ1v) is 24.7. The number of fused-ring (bicyclic) bond motifs is 1. The lowest BCUT2D eigenvalue weighted by molar-refractivity contribution is -0.141. The van der Waals surface area contributed by atoms with Crippen molar-refractivity contribution in [1.82, 2.24) is 46.2 Å². The summed E-state index contributed by atoms with van der Waals surface area (Å²) < 4.78 is 0. The third-order valence-electron chi connectivity index (χ3n) is 13.0. The van der Waals surface area contributed by atoms with E-state index in [0.717, 1.165) is 16.3 Å². The van der Waals surface area contributed by atoms with Crippen LogP contribution in [0, 0.1) is 11.8 Å². The van der Waals surface area contributed by atoms with Gasteiger partial charge in [-0.1, -0.05) is 42.5 Å². The minimum Gasteiger partial charge on any atom is -0.481 e. The van der Waals surface area contributed by atoms with Gasteiger partial charge in [0.25, 0.3) is 0 Å². The highest BCUT2D eigenvalue weighted by Crippen LogP contribution is 2.29. The molecule has 1 heterocycles. The number of hydrogen-bond donors (Lipinski definition) is 10. The maximum Gasteiger partial charge on any atom is 0.326 e. The van der Waals surface area contributed by atoms with Crippen molar-refractivity contribution in [2.75, 3.05) is 91.6 Å². The van der Waals surface area contributed by atoms with Crippen LogP contribution in [0.4, 0.5) is 4.79 Å². The van der Waals surface area contributed by atoms with Crippen LogP contribution in [0.5, 0.6) is 0 Å². The van der Waals surface area contributed by atoms with Gasteiger partial charge in [-0.05, 0) is 73.6 Å². The Labute approximate surface area is 423 Å². The Morgan fingerprint density at radius 2 is 1.14 bits per heavy atom. The van der Waals surface area contributed by atoms with Crippen LogP contribution in [0.2, 0.25) is 0 Å². The monoisotopic (exact) mass is 1030 g/mol. The molecule has 2 fully saturated rings. The van der Waals surface area contributed by atoms with Crippen LogP contribution in [0.1, 0.15) is 63.4 Å². The first-order valence-electron chi connectivity index (χ1n) is 24.7. The quantitative estimate of drug-likeness (QED) is 0.0407. The Bertz CT molecular complexity index is 2180. The van der Waals surface area contributed by atoms with Crippen LogP contribution in [-0.4, -0.2) is 215 Å². The van der Waals surface area contributed by atoms with Gasteiger partial charge in [0.15, 0.2) is 0 Å². The van der Waals surface area contributed by atoms with Crippen molar-refractivity contribution in [1.29, 1.82) is 0 Å². The predicted octanol–water partition coefficient (Wildman–Crippen LogP) is -0.264. The summed E-state index contributed by atoms with van der Waals surface area (Å²) in [5, 5.41) is 62.0. The average molecular weight is 1030 g/mol. The molecular weight excluding hydrogens is 955 g/mol. The molecule has 0 unspecified atom stereocenters. The topological polar surface area (TPSA) is 345 Å². The van der Waals surface area contributed by atoms with Crippen LogP contribution in [0.25, 0.3) is 10.8 Å². The smallest absolute Gasteiger partial charge is 0.326 e. The second-order valence-electron chi connectivity index (χ2n) is 18.7. The molecule has 2 aliphatic rings. The maximum atomic E-state index is 13.8. The van der Waals surface area contributed by atoms with Gasteiger partial charge >= 0.3 is 35.9 Å². The summed E-state index contributed by atoms with van der Waals surface area (Å²) in [5.74, 6) is -7.03. The largest absolute Gasteiger partial charge is 0.481 e. The second-order valence-corrected chi connectivity index (χ2v) is 18.7. The van der Waals surface area contributed by atoms with Crippen molar-refractivity contribution in [2.24, 2.45) is 11.8 Å². The highest BCUT2D eigenvalue weighted by atomic mass is 16.4. The normalized spacial score (nSPS) is 18.8. The number of carboxylic acids is 5. The predicted molar refractivity (Wildman–Crippen MR) is 263 cm³/mol. The first kappa shape index (κ1) is 58.8. The Morgan fingerprint density at radius 3 is 1.66 bits per heavy atom. The summed E-state index contributed by atoms with van der Waals surface area (Å²) in [6, 6.07) is 9.28. The highest BCUT2D eigenvalue weighted by Gasteiger charge is 2.31. The lowest BCUT2D eigenvalue weighted by Gasteiger charge is -2.33. The van der Waals surface area contributed by atoms with E-state index >= 15 is 0 Å². The van der Waals surface area contributed by atoms with E-state index in [1.165, 1.54) is 0 Å². The summed E-state index contributed by atoms with van der Waals surface area (Å²) >= 11 is 0. The zero-order chi connectivity index (χ0) is 53.3. The maximum absolute atomic E-state index is 13.8. The van der Waals surface area contributed by atoms with Gasteiger partial charge in [-0.3, -0.25) is 53.2 Å². The fourth-order valence-corrected chi connectivity index (χ4v) is 8.92. The number of nitrogens with zero attached hydrogens (tertiary/aromatic N) is 4. The molecule has 1 saturated carbocycles. The number of carbonyl (C=O) groups is 10. The molecule has 1 saturated heterocycles. The Hall–Kier alpha value is -6.76. The molecule has 4 rings (SSSR count). The SMILES string of the molecule is O=C[C@H](CCCCNC(=O)[C@H](Cc1ccc2ccccc2c1)NC(=O)[C@H]1CC[C@H](CNC(=O)CN2CCN(CC(=O)O)CCN(CC(=O)O)CCN(CC(=O)O)CC2)CC1)NC(=O)N[C@@H](CCC(=O)O)C(=O)O. The number of benzene rings is 2. The van der Waals surface area contributed by atoms with Crippen molar-refractivity contribution >= 4 is 70.7 Å². The average Bonchev–Trinajstić information content (AvgIpc) is 3.34. The number of nitrogens with one attached hydrogen (secondary N) is 5. The van der Waals surface area contributed by atoms with Gasteiger partial charge in [0.1, 0.15) is 18.4 Å². The van der Waals surface area contributed by atoms with E-state index in [1.807, 2.05) is 47.4 Å². The van der Waals surface area contributed by atoms with Gasteiger partial charge in [0, 0.05) is 84.2 Å². The molecule has 0 spiro atoms. The van der Waals surface area contributed by atoms with Crippen LogP contribution >= 0.6 is 0 Å². The van der Waals surface area contributed by atoms with Gasteiger partial charge in [-0.15, -0.1) is 0 Å². The van der Waals surface area contributed by atoms with Crippen molar-refractivity contribution in [3.05, 3.63) is 48.0 Å². The number of aliphatic carboxylic acids is 5. The van der Waals surface area contributed by atoms with Gasteiger partial charge in [0.05, 0.1) is 32.2 Å². The third kappa shape index (κ3) is 22.7. The summed E-state index contributed by atoms with van der Waals surface area (Å²) in [7, 11) is 0. The van der Waals surface area contributed by atoms with Crippen molar-refractivity contribution in [3.63, 3.8) is 0 Å². The van der Waals surface area contributed by atoms with Gasteiger partial charge in [-0.25, -0.2) is 9.59 Å². The molecule has 5 amide bonds. The number of hydrogen-bond acceptors (Lipinski definition) is 14. The van der Waals surface area contributed by atoms with Crippen LogP contribution in [0.3, 0.4) is 0 Å². The summed E-state index contributed by atoms with van der Waals surface area (Å²) in [6.07, 6.45) is 3.15. The fourth-order valence-electron chi connectivity index (χ4n) is 8.92. The summed E-state index contributed by atoms with van der Waals surface area (Å²) in [5.41, 5.74) is 0.831. The Kier molecular flexibility index (Phi) is 24.9. The molecule has 73 heavy (non-hydrogen) atoms. The summed E-state index contributed by atoms with van der Waals surface area (Å²) in [6.45, 7) is 1.91. The Balaban J connectivity index is 1.29. The molecule has 1 aliphatic heterocycles. The van der Waals surface area contributed by atoms with E-state index in [1.54, 1.807) is 14.7 Å². The molecule has 10 N–H and O–H groups in total. The molecule has 402 valence electrons. The van der Waals surface area contributed by atoms with Crippen molar-refractivity contribution < 1.29 is 73.5 Å². The number of unbranched alkanes of at least 4 members (excludes halogenated alkanes) is 1. The van der Waals surface area contributed by atoms with Crippen molar-refractivity contribution in [2.45, 2.75) is 82.3 Å². The van der Waals surface area contributed by atoms with Crippen molar-refractivity contribution in [3.8, 4) is 0 Å². The molecule has 24 nitrogen and oxygen atoms in total. The van der Waals surface area contributed by atoms with Gasteiger partial charge < -0.3 is 56.9 Å². The molecule has 24 heteroatoms. The van der Waals surface area contributed by atoms with Crippen LogP contribution in [-0.2, 0) is 49.6 Å².